The summed E-state index contributed by atoms with van der Waals surface area (Å²) in [7, 11) is 0. The molecule has 0 unspecified atom stereocenters. The van der Waals surface area contributed by atoms with Gasteiger partial charge in [-0.05, 0) is 49.9 Å². The second-order valence-electron chi connectivity index (χ2n) is 12.2. The number of fused-ring (bicyclic) bond motifs is 14. The molecule has 4 aliphatic rings. The Morgan fingerprint density at radius 3 is 1.64 bits per heavy atom. The maximum atomic E-state index is 5.38. The van der Waals surface area contributed by atoms with E-state index in [4.69, 9.17) is 30.0 Å². The number of aromatic nitrogens is 2. The highest BCUT2D eigenvalue weighted by Gasteiger charge is 2.31. The molecule has 0 N–H and O–H groups in total. The molecule has 0 aliphatic carbocycles. The highest BCUT2D eigenvalue weighted by atomic mass is 15.3. The molecule has 2 aromatic heterocycles. The maximum Gasteiger partial charge on any atom is 0.165 e. The second-order valence-corrected chi connectivity index (χ2v) is 12.2. The molecule has 0 saturated heterocycles. The van der Waals surface area contributed by atoms with Crippen LogP contribution in [0.25, 0.3) is 21.5 Å². The van der Waals surface area contributed by atoms with E-state index in [0.717, 1.165) is 88.7 Å². The average Bonchev–Trinajstić information content (AvgIpc) is 3.73. The summed E-state index contributed by atoms with van der Waals surface area (Å²) in [6, 6.07) is 25.3. The number of hydrogen-bond acceptors (Lipinski definition) is 6. The lowest BCUT2D eigenvalue weighted by Crippen LogP contribution is -2.32. The number of hydrogen-bond donors (Lipinski definition) is 0. The first-order chi connectivity index (χ1) is 22.0. The van der Waals surface area contributed by atoms with Gasteiger partial charge in [0, 0.05) is 43.8 Å². The number of aliphatic imine (C=N–C) groups is 4. The normalized spacial score (nSPS) is 15.5. The van der Waals surface area contributed by atoms with Crippen molar-refractivity contribution in [1.82, 2.24) is 9.13 Å². The van der Waals surface area contributed by atoms with Crippen LogP contribution >= 0.6 is 0 Å². The van der Waals surface area contributed by atoms with Crippen LogP contribution < -0.4 is 11.0 Å². The van der Waals surface area contributed by atoms with Crippen molar-refractivity contribution in [3.8, 4) is 0 Å². The monoisotopic (exact) mass is 582 g/mol. The van der Waals surface area contributed by atoms with Gasteiger partial charge >= 0.3 is 0 Å². The zero-order valence-electron chi connectivity index (χ0n) is 25.2. The molecule has 0 amide bonds. The minimum Gasteiger partial charge on any atom is -0.291 e. The molecule has 6 bridgehead atoms. The molecule has 0 atom stereocenters. The third-order valence-corrected chi connectivity index (χ3v) is 9.53. The van der Waals surface area contributed by atoms with E-state index in [0.29, 0.717) is 30.0 Å². The van der Waals surface area contributed by atoms with Crippen LogP contribution in [0.3, 0.4) is 0 Å². The predicted octanol–water partition coefficient (Wildman–Crippen LogP) is 6.28. The molecule has 0 saturated carbocycles. The zero-order valence-corrected chi connectivity index (χ0v) is 25.2. The third-order valence-electron chi connectivity index (χ3n) is 9.53. The minimum atomic E-state index is 0.420. The molecule has 4 aliphatic heterocycles. The molecule has 0 fully saturated rings. The van der Waals surface area contributed by atoms with E-state index < -0.39 is 0 Å². The van der Waals surface area contributed by atoms with Gasteiger partial charge in [0.25, 0.3) is 0 Å². The van der Waals surface area contributed by atoms with Crippen molar-refractivity contribution in [3.63, 3.8) is 0 Å². The Morgan fingerprint density at radius 1 is 0.444 bits per heavy atom. The number of benzene rings is 4. The fraction of sp³-hybridized carbons (Fsp3) is 0.135. The standard InChI is InChI=1S/C37H26N8/c1-18-9-5-13-22-26(18)32-38-30(22)40-34-24-15-7-11-20(3)28(24)36-41-31-23-14-6-10-19(2)27(23)33(39-31)43-37-29-21(4)12-8-16-25(29)35(42-32)45(37)17-44(34)36/h5-16H,17H2,1-4H3. The number of rotatable bonds is 0. The van der Waals surface area contributed by atoms with E-state index in [1.807, 2.05) is 0 Å². The molecule has 214 valence electrons. The fourth-order valence-electron chi connectivity index (χ4n) is 7.41. The first kappa shape index (κ1) is 24.7. The summed E-state index contributed by atoms with van der Waals surface area (Å²) < 4.78 is 4.41. The largest absolute Gasteiger partial charge is 0.291 e. The Balaban J connectivity index is 1.50. The molecule has 8 nitrogen and oxygen atoms in total. The first-order valence-corrected chi connectivity index (χ1v) is 15.2. The van der Waals surface area contributed by atoms with Crippen molar-refractivity contribution in [2.24, 2.45) is 30.0 Å². The van der Waals surface area contributed by atoms with Crippen molar-refractivity contribution in [2.45, 2.75) is 34.4 Å². The molecule has 45 heavy (non-hydrogen) atoms. The van der Waals surface area contributed by atoms with Crippen molar-refractivity contribution >= 4 is 56.5 Å². The first-order valence-electron chi connectivity index (χ1n) is 15.2. The summed E-state index contributed by atoms with van der Waals surface area (Å²) in [6.07, 6.45) is 0. The Morgan fingerprint density at radius 2 is 0.978 bits per heavy atom. The summed E-state index contributed by atoms with van der Waals surface area (Å²) in [5.41, 5.74) is 10.1. The van der Waals surface area contributed by atoms with Gasteiger partial charge < -0.3 is 0 Å². The second kappa shape index (κ2) is 8.45. The maximum absolute atomic E-state index is 5.38. The molecule has 4 aromatic carbocycles. The van der Waals surface area contributed by atoms with Crippen molar-refractivity contribution in [3.05, 3.63) is 128 Å². The lowest BCUT2D eigenvalue weighted by molar-refractivity contribution is 0.583. The summed E-state index contributed by atoms with van der Waals surface area (Å²) in [6.45, 7) is 8.92. The van der Waals surface area contributed by atoms with E-state index in [1.54, 1.807) is 0 Å². The van der Waals surface area contributed by atoms with Crippen molar-refractivity contribution in [2.75, 3.05) is 0 Å². The van der Waals surface area contributed by atoms with Crippen LogP contribution in [0, 0.1) is 27.7 Å². The van der Waals surface area contributed by atoms with E-state index in [2.05, 4.69) is 110 Å². The smallest absolute Gasteiger partial charge is 0.165 e. The molecular weight excluding hydrogens is 556 g/mol. The Bertz CT molecular complexity index is 2660. The Hall–Kier alpha value is -5.76. The van der Waals surface area contributed by atoms with Crippen LogP contribution in [-0.4, -0.2) is 32.5 Å². The summed E-state index contributed by atoms with van der Waals surface area (Å²) in [5.74, 6) is 4.29. The highest BCUT2D eigenvalue weighted by molar-refractivity contribution is 6.26. The third kappa shape index (κ3) is 3.15. The van der Waals surface area contributed by atoms with Gasteiger partial charge in [-0.1, -0.05) is 72.8 Å². The van der Waals surface area contributed by atoms with Crippen molar-refractivity contribution < 1.29 is 0 Å². The van der Waals surface area contributed by atoms with E-state index in [1.165, 1.54) is 0 Å². The Labute approximate surface area is 257 Å². The molecular formula is C37H26N8. The molecule has 0 spiro atoms. The van der Waals surface area contributed by atoms with Gasteiger partial charge in [-0.15, -0.1) is 0 Å². The topological polar surface area (TPSA) is 84.0 Å². The molecule has 6 aromatic rings. The lowest BCUT2D eigenvalue weighted by Gasteiger charge is -2.13. The Kier molecular flexibility index (Phi) is 4.63. The molecule has 0 radical (unpaired) electrons. The van der Waals surface area contributed by atoms with Gasteiger partial charge in [0.05, 0.1) is 0 Å². The van der Waals surface area contributed by atoms with Gasteiger partial charge in [0.15, 0.2) is 23.3 Å². The lowest BCUT2D eigenvalue weighted by atomic mass is 10.0. The number of nitrogens with zero attached hydrogens (tertiary/aromatic N) is 8. The summed E-state index contributed by atoms with van der Waals surface area (Å²) >= 11 is 0. The zero-order chi connectivity index (χ0) is 30.1. The summed E-state index contributed by atoms with van der Waals surface area (Å²) in [4.78, 5) is 31.7. The van der Waals surface area contributed by atoms with Crippen LogP contribution in [0.2, 0.25) is 0 Å². The average molecular weight is 583 g/mol. The van der Waals surface area contributed by atoms with Gasteiger partial charge in [-0.25, -0.2) is 30.0 Å². The quantitative estimate of drug-likeness (QED) is 0.202. The summed E-state index contributed by atoms with van der Waals surface area (Å²) in [5, 5.41) is 4.16. The SMILES string of the molecule is Cc1cccc2c1C1=Nc3c4cccc(C)c4c4n3Cn3c(c5cccc(C)c5c3=NC3=NC(=N4)c4c(C)cccc43)=NC2=N1. The number of aryl methyl sites for hydroxylation is 4. The van der Waals surface area contributed by atoms with Crippen LogP contribution in [0.5, 0.6) is 0 Å². The molecule has 8 heteroatoms. The molecule has 6 heterocycles. The van der Waals surface area contributed by atoms with E-state index in [-0.39, 0.29) is 0 Å². The van der Waals surface area contributed by atoms with Gasteiger partial charge in [-0.2, -0.15) is 0 Å². The van der Waals surface area contributed by atoms with Crippen LogP contribution in [0.1, 0.15) is 44.5 Å². The van der Waals surface area contributed by atoms with E-state index >= 15 is 0 Å². The van der Waals surface area contributed by atoms with Crippen LogP contribution in [-0.2, 0) is 6.67 Å². The highest BCUT2D eigenvalue weighted by Crippen LogP contribution is 2.42. The van der Waals surface area contributed by atoms with Crippen LogP contribution in [0.15, 0.2) is 103 Å². The number of amidine groups is 4. The van der Waals surface area contributed by atoms with Crippen LogP contribution in [0.4, 0.5) is 11.6 Å². The predicted molar refractivity (Wildman–Crippen MR) is 179 cm³/mol. The van der Waals surface area contributed by atoms with Gasteiger partial charge in [0.1, 0.15) is 29.3 Å². The van der Waals surface area contributed by atoms with Gasteiger partial charge in [-0.3, -0.25) is 9.13 Å². The minimum absolute atomic E-state index is 0.420. The van der Waals surface area contributed by atoms with Gasteiger partial charge in [0.2, 0.25) is 0 Å². The molecule has 10 rings (SSSR count). The van der Waals surface area contributed by atoms with E-state index in [9.17, 15) is 0 Å². The van der Waals surface area contributed by atoms with Crippen molar-refractivity contribution in [1.29, 1.82) is 0 Å². The fourth-order valence-corrected chi connectivity index (χ4v) is 7.41.